The molecule has 2 heterocycles. The molecule has 0 aliphatic carbocycles. The summed E-state index contributed by atoms with van der Waals surface area (Å²) in [6.07, 6.45) is 8.54. The van der Waals surface area contributed by atoms with Crippen LogP contribution >= 0.6 is 0 Å². The van der Waals surface area contributed by atoms with Crippen molar-refractivity contribution < 1.29 is 0 Å². The second-order valence-corrected chi connectivity index (χ2v) is 5.64. The largest absolute Gasteiger partial charge is 0.306 e. The Bertz CT molecular complexity index is 328. The Morgan fingerprint density at radius 2 is 2.11 bits per heavy atom. The van der Waals surface area contributed by atoms with Crippen molar-refractivity contribution in [3.05, 3.63) is 30.1 Å². The van der Waals surface area contributed by atoms with E-state index in [9.17, 15) is 0 Å². The fourth-order valence-corrected chi connectivity index (χ4v) is 3.08. The van der Waals surface area contributed by atoms with Crippen molar-refractivity contribution in [1.29, 1.82) is 0 Å². The van der Waals surface area contributed by atoms with Crippen molar-refractivity contribution in [2.45, 2.75) is 44.9 Å². The Hall–Kier alpha value is -0.890. The van der Waals surface area contributed by atoms with Gasteiger partial charge in [-0.2, -0.15) is 0 Å². The lowest BCUT2D eigenvalue weighted by Gasteiger charge is -2.34. The molecule has 1 aromatic heterocycles. The summed E-state index contributed by atoms with van der Waals surface area (Å²) in [6, 6.07) is 6.38. The van der Waals surface area contributed by atoms with Gasteiger partial charge in [0, 0.05) is 17.8 Å². The predicted octanol–water partition coefficient (Wildman–Crippen LogP) is 3.70. The van der Waals surface area contributed by atoms with Crippen LogP contribution in [0.5, 0.6) is 0 Å². The van der Waals surface area contributed by atoms with Crippen molar-refractivity contribution in [1.82, 2.24) is 9.88 Å². The van der Waals surface area contributed by atoms with Crippen LogP contribution in [-0.2, 0) is 0 Å². The molecule has 0 amide bonds. The molecule has 0 radical (unpaired) electrons. The van der Waals surface area contributed by atoms with Crippen LogP contribution in [-0.4, -0.2) is 30.0 Å². The zero-order valence-electron chi connectivity index (χ0n) is 11.8. The SMILES string of the molecule is CCCCC(c1ccccn1)C1CCN(C)CC1. The van der Waals surface area contributed by atoms with E-state index in [0.717, 1.165) is 5.92 Å². The maximum atomic E-state index is 4.61. The smallest absolute Gasteiger partial charge is 0.0437 e. The minimum atomic E-state index is 0.680. The third-order valence-corrected chi connectivity index (χ3v) is 4.27. The highest BCUT2D eigenvalue weighted by molar-refractivity contribution is 5.11. The second-order valence-electron chi connectivity index (χ2n) is 5.64. The first-order chi connectivity index (χ1) is 8.81. The second kappa shape index (κ2) is 6.89. The van der Waals surface area contributed by atoms with Crippen LogP contribution in [0.3, 0.4) is 0 Å². The van der Waals surface area contributed by atoms with Gasteiger partial charge in [0.1, 0.15) is 0 Å². The standard InChI is InChI=1S/C16H26N2/c1-3-4-7-15(16-8-5-6-11-17-16)14-9-12-18(2)13-10-14/h5-6,8,11,14-15H,3-4,7,9-10,12-13H2,1-2H3. The fourth-order valence-electron chi connectivity index (χ4n) is 3.08. The molecule has 0 aromatic carbocycles. The highest BCUT2D eigenvalue weighted by atomic mass is 15.1. The van der Waals surface area contributed by atoms with Crippen molar-refractivity contribution in [3.63, 3.8) is 0 Å². The third-order valence-electron chi connectivity index (χ3n) is 4.27. The van der Waals surface area contributed by atoms with E-state index in [-0.39, 0.29) is 0 Å². The van der Waals surface area contributed by atoms with Crippen LogP contribution in [0, 0.1) is 5.92 Å². The molecule has 1 unspecified atom stereocenters. The maximum absolute atomic E-state index is 4.61. The van der Waals surface area contributed by atoms with Gasteiger partial charge >= 0.3 is 0 Å². The number of rotatable bonds is 5. The van der Waals surface area contributed by atoms with Crippen molar-refractivity contribution in [3.8, 4) is 0 Å². The van der Waals surface area contributed by atoms with E-state index in [1.807, 2.05) is 12.3 Å². The first kappa shape index (κ1) is 13.5. The lowest BCUT2D eigenvalue weighted by atomic mass is 9.79. The third kappa shape index (κ3) is 3.55. The molecule has 2 nitrogen and oxygen atoms in total. The highest BCUT2D eigenvalue weighted by Gasteiger charge is 2.26. The minimum absolute atomic E-state index is 0.680. The van der Waals surface area contributed by atoms with E-state index < -0.39 is 0 Å². The maximum Gasteiger partial charge on any atom is 0.0437 e. The van der Waals surface area contributed by atoms with Crippen LogP contribution in [0.4, 0.5) is 0 Å². The van der Waals surface area contributed by atoms with Crippen LogP contribution in [0.1, 0.15) is 50.6 Å². The molecular formula is C16H26N2. The van der Waals surface area contributed by atoms with E-state index >= 15 is 0 Å². The number of likely N-dealkylation sites (tertiary alicyclic amines) is 1. The number of unbranched alkanes of at least 4 members (excludes halogenated alkanes) is 1. The first-order valence-corrected chi connectivity index (χ1v) is 7.40. The number of piperidine rings is 1. The lowest BCUT2D eigenvalue weighted by Crippen LogP contribution is -2.33. The van der Waals surface area contributed by atoms with Gasteiger partial charge in [0.05, 0.1) is 0 Å². The fraction of sp³-hybridized carbons (Fsp3) is 0.688. The number of hydrogen-bond donors (Lipinski definition) is 0. The molecule has 1 atom stereocenters. The summed E-state index contributed by atoms with van der Waals surface area (Å²) in [5.41, 5.74) is 1.32. The molecule has 0 bridgehead atoms. The van der Waals surface area contributed by atoms with Gasteiger partial charge in [0.25, 0.3) is 0 Å². The quantitative estimate of drug-likeness (QED) is 0.787. The number of aromatic nitrogens is 1. The molecule has 1 aliphatic heterocycles. The summed E-state index contributed by atoms with van der Waals surface area (Å²) in [5.74, 6) is 1.52. The molecule has 1 aliphatic rings. The molecule has 0 spiro atoms. The topological polar surface area (TPSA) is 16.1 Å². The predicted molar refractivity (Wildman–Crippen MR) is 76.7 cm³/mol. The van der Waals surface area contributed by atoms with E-state index in [4.69, 9.17) is 0 Å². The van der Waals surface area contributed by atoms with E-state index in [1.54, 1.807) is 0 Å². The number of hydrogen-bond acceptors (Lipinski definition) is 2. The van der Waals surface area contributed by atoms with Gasteiger partial charge in [-0.3, -0.25) is 4.98 Å². The van der Waals surface area contributed by atoms with E-state index in [2.05, 4.69) is 36.0 Å². The van der Waals surface area contributed by atoms with Gasteiger partial charge in [-0.15, -0.1) is 0 Å². The Kier molecular flexibility index (Phi) is 5.18. The average Bonchev–Trinajstić information content (AvgIpc) is 2.42. The summed E-state index contributed by atoms with van der Waals surface area (Å²) in [7, 11) is 2.23. The lowest BCUT2D eigenvalue weighted by molar-refractivity contribution is 0.191. The minimum Gasteiger partial charge on any atom is -0.306 e. The summed E-state index contributed by atoms with van der Waals surface area (Å²) in [6.45, 7) is 4.78. The van der Waals surface area contributed by atoms with Gasteiger partial charge in [0.15, 0.2) is 0 Å². The van der Waals surface area contributed by atoms with Crippen LogP contribution in [0.2, 0.25) is 0 Å². The van der Waals surface area contributed by atoms with Gasteiger partial charge in [0.2, 0.25) is 0 Å². The highest BCUT2D eigenvalue weighted by Crippen LogP contribution is 2.35. The summed E-state index contributed by atoms with van der Waals surface area (Å²) < 4.78 is 0. The van der Waals surface area contributed by atoms with E-state index in [1.165, 1.54) is 50.9 Å². The summed E-state index contributed by atoms with van der Waals surface area (Å²) in [5, 5.41) is 0. The Morgan fingerprint density at radius 3 is 2.72 bits per heavy atom. The molecule has 18 heavy (non-hydrogen) atoms. The van der Waals surface area contributed by atoms with Crippen LogP contribution < -0.4 is 0 Å². The molecule has 0 N–H and O–H groups in total. The monoisotopic (exact) mass is 246 g/mol. The van der Waals surface area contributed by atoms with Gasteiger partial charge < -0.3 is 4.90 Å². The summed E-state index contributed by atoms with van der Waals surface area (Å²) >= 11 is 0. The molecular weight excluding hydrogens is 220 g/mol. The Morgan fingerprint density at radius 1 is 1.33 bits per heavy atom. The molecule has 0 saturated carbocycles. The van der Waals surface area contributed by atoms with Gasteiger partial charge in [-0.05, 0) is 57.5 Å². The molecule has 1 aromatic rings. The number of nitrogens with zero attached hydrogens (tertiary/aromatic N) is 2. The molecule has 100 valence electrons. The molecule has 1 saturated heterocycles. The van der Waals surface area contributed by atoms with Crippen molar-refractivity contribution in [2.24, 2.45) is 5.92 Å². The van der Waals surface area contributed by atoms with Gasteiger partial charge in [-0.25, -0.2) is 0 Å². The molecule has 1 fully saturated rings. The number of pyridine rings is 1. The van der Waals surface area contributed by atoms with Crippen molar-refractivity contribution in [2.75, 3.05) is 20.1 Å². The molecule has 2 heteroatoms. The normalized spacial score (nSPS) is 19.9. The average molecular weight is 246 g/mol. The van der Waals surface area contributed by atoms with E-state index in [0.29, 0.717) is 5.92 Å². The van der Waals surface area contributed by atoms with Crippen molar-refractivity contribution >= 4 is 0 Å². The van der Waals surface area contributed by atoms with Crippen LogP contribution in [0.15, 0.2) is 24.4 Å². The molecule has 2 rings (SSSR count). The zero-order chi connectivity index (χ0) is 12.8. The first-order valence-electron chi connectivity index (χ1n) is 7.40. The van der Waals surface area contributed by atoms with Crippen LogP contribution in [0.25, 0.3) is 0 Å². The summed E-state index contributed by atoms with van der Waals surface area (Å²) in [4.78, 5) is 7.06. The van der Waals surface area contributed by atoms with Gasteiger partial charge in [-0.1, -0.05) is 25.8 Å². The Balaban J connectivity index is 2.05. The zero-order valence-corrected chi connectivity index (χ0v) is 11.8. The Labute approximate surface area is 111 Å².